The van der Waals surface area contributed by atoms with Gasteiger partial charge in [-0.2, -0.15) is 0 Å². The Labute approximate surface area is 304 Å². The third kappa shape index (κ3) is 9.59. The van der Waals surface area contributed by atoms with Gasteiger partial charge in [0, 0.05) is 22.4 Å². The number of hydrogen-bond acceptors (Lipinski definition) is 12. The lowest BCUT2D eigenvalue weighted by molar-refractivity contribution is 0.0913. The highest BCUT2D eigenvalue weighted by molar-refractivity contribution is 7.17. The number of nitrogen functional groups attached to an aromatic ring is 2. The molecule has 50 heavy (non-hydrogen) atoms. The fourth-order valence-corrected chi connectivity index (χ4v) is 6.91. The highest BCUT2D eigenvalue weighted by Gasteiger charge is 2.19. The summed E-state index contributed by atoms with van der Waals surface area (Å²) in [5.41, 5.74) is 14.0. The number of anilines is 2. The smallest absolute Gasteiger partial charge is 0.261 e. The third-order valence-corrected chi connectivity index (χ3v) is 9.63. The molecule has 0 aliphatic carbocycles. The molecule has 0 saturated heterocycles. The molecule has 4 heterocycles. The minimum Gasteiger partial charge on any atom is -0.394 e. The second-order valence-electron chi connectivity index (χ2n) is 10.5. The van der Waals surface area contributed by atoms with E-state index in [4.69, 9.17) is 34.7 Å². The van der Waals surface area contributed by atoms with Crippen LogP contribution in [0, 0.1) is 0 Å². The van der Waals surface area contributed by atoms with E-state index in [0.29, 0.717) is 36.8 Å². The first-order valence-electron chi connectivity index (χ1n) is 14.8. The molecule has 256 valence electrons. The van der Waals surface area contributed by atoms with Crippen LogP contribution in [-0.2, 0) is 0 Å². The minimum atomic E-state index is -0.626. The zero-order valence-corrected chi connectivity index (χ0v) is 29.2. The van der Waals surface area contributed by atoms with Crippen LogP contribution in [0.2, 0.25) is 10.0 Å². The largest absolute Gasteiger partial charge is 0.394 e. The number of aliphatic hydroxyl groups excluding tert-OH is 2. The number of nitrogens with one attached hydrogen (secondary N) is 2. The Hall–Kier alpha value is -4.96. The van der Waals surface area contributed by atoms with Crippen molar-refractivity contribution in [3.05, 3.63) is 128 Å². The SMILES string of the molecule is Nc1nccc(-c2ccc(C(=O)NC(CO)c3cc(Cl)cc(Cl)c3)s2)n1.Nc1nccc(-c2ccc(C(=O)N[C@@H](CO)c3ccccc3)s2)n1. The van der Waals surface area contributed by atoms with E-state index in [2.05, 4.69) is 30.6 Å². The summed E-state index contributed by atoms with van der Waals surface area (Å²) in [6.07, 6.45) is 3.14. The van der Waals surface area contributed by atoms with Crippen LogP contribution in [0.5, 0.6) is 0 Å². The van der Waals surface area contributed by atoms with E-state index < -0.39 is 12.1 Å². The number of nitrogens with zero attached hydrogens (tertiary/aromatic N) is 4. The lowest BCUT2D eigenvalue weighted by Crippen LogP contribution is -2.30. The molecular formula is C34H30Cl2N8O4S2. The van der Waals surface area contributed by atoms with Crippen molar-refractivity contribution in [2.45, 2.75) is 12.1 Å². The molecule has 6 rings (SSSR count). The van der Waals surface area contributed by atoms with Gasteiger partial charge in [-0.3, -0.25) is 9.59 Å². The number of carbonyl (C=O) groups is 2. The summed E-state index contributed by atoms with van der Waals surface area (Å²) >= 11 is 14.6. The monoisotopic (exact) mass is 748 g/mol. The van der Waals surface area contributed by atoms with Gasteiger partial charge in [-0.05, 0) is 65.7 Å². The van der Waals surface area contributed by atoms with Gasteiger partial charge < -0.3 is 32.3 Å². The van der Waals surface area contributed by atoms with Gasteiger partial charge in [-0.1, -0.05) is 53.5 Å². The van der Waals surface area contributed by atoms with Crippen LogP contribution in [0.15, 0.2) is 97.3 Å². The van der Waals surface area contributed by atoms with Gasteiger partial charge in [0.1, 0.15) is 0 Å². The number of rotatable bonds is 10. The maximum absolute atomic E-state index is 12.5. The summed E-state index contributed by atoms with van der Waals surface area (Å²) in [4.78, 5) is 43.6. The Bertz CT molecular complexity index is 2060. The average Bonchev–Trinajstić information content (AvgIpc) is 3.81. The standard InChI is InChI=1S/C17H14Cl2N4O2S.C17H16N4O2S/c18-10-5-9(6-11(19)7-10)13(8-24)22-16(25)15-2-1-14(26-15)12-3-4-21-17(20)23-12;18-17-19-9-8-12(21-17)14-6-7-15(24-14)16(23)20-13(10-22)11-4-2-1-3-5-11/h1-7,13,24H,8H2,(H,22,25)(H2,20,21,23);1-9,13,22H,10H2,(H,20,23)(H2,18,19,21)/t;13-/m.0/s1. The highest BCUT2D eigenvalue weighted by atomic mass is 35.5. The van der Waals surface area contributed by atoms with E-state index in [1.807, 2.05) is 36.4 Å². The van der Waals surface area contributed by atoms with Gasteiger partial charge in [-0.25, -0.2) is 19.9 Å². The first kappa shape index (κ1) is 36.3. The molecule has 2 aromatic carbocycles. The number of thiophene rings is 2. The van der Waals surface area contributed by atoms with Crippen molar-refractivity contribution >= 4 is 69.6 Å². The molecule has 16 heteroatoms. The Morgan fingerprint density at radius 2 is 1.12 bits per heavy atom. The predicted octanol–water partition coefficient (Wildman–Crippen LogP) is 5.81. The quantitative estimate of drug-likeness (QED) is 0.0993. The molecule has 0 saturated carbocycles. The molecule has 12 nitrogen and oxygen atoms in total. The van der Waals surface area contributed by atoms with Gasteiger partial charge in [0.05, 0.1) is 56.2 Å². The molecule has 2 atom stereocenters. The number of nitrogens with two attached hydrogens (primary N) is 2. The Balaban J connectivity index is 0.000000195. The zero-order chi connectivity index (χ0) is 35.6. The van der Waals surface area contributed by atoms with Gasteiger partial charge in [0.25, 0.3) is 11.8 Å². The molecule has 4 aromatic heterocycles. The predicted molar refractivity (Wildman–Crippen MR) is 197 cm³/mol. The van der Waals surface area contributed by atoms with E-state index in [-0.39, 0.29) is 36.9 Å². The van der Waals surface area contributed by atoms with Crippen LogP contribution in [0.4, 0.5) is 11.9 Å². The van der Waals surface area contributed by atoms with Crippen molar-refractivity contribution in [2.75, 3.05) is 24.7 Å². The van der Waals surface area contributed by atoms with Gasteiger partial charge in [0.15, 0.2) is 0 Å². The molecule has 0 aliphatic rings. The molecule has 0 spiro atoms. The van der Waals surface area contributed by atoms with Crippen molar-refractivity contribution in [3.63, 3.8) is 0 Å². The summed E-state index contributed by atoms with van der Waals surface area (Å²) in [6.45, 7) is -0.459. The second-order valence-corrected chi connectivity index (χ2v) is 13.5. The first-order chi connectivity index (χ1) is 24.1. The maximum Gasteiger partial charge on any atom is 0.261 e. The van der Waals surface area contributed by atoms with Crippen LogP contribution in [0.3, 0.4) is 0 Å². The number of halogens is 2. The van der Waals surface area contributed by atoms with E-state index in [9.17, 15) is 19.8 Å². The van der Waals surface area contributed by atoms with Crippen molar-refractivity contribution < 1.29 is 19.8 Å². The molecule has 1 unspecified atom stereocenters. The molecular weight excluding hydrogens is 719 g/mol. The first-order valence-corrected chi connectivity index (χ1v) is 17.2. The molecule has 2 amide bonds. The molecule has 8 N–H and O–H groups in total. The normalized spacial score (nSPS) is 11.9. The van der Waals surface area contributed by atoms with Gasteiger partial charge in [-0.15, -0.1) is 22.7 Å². The van der Waals surface area contributed by atoms with Crippen molar-refractivity contribution in [2.24, 2.45) is 0 Å². The Morgan fingerprint density at radius 3 is 1.56 bits per heavy atom. The van der Waals surface area contributed by atoms with Gasteiger partial charge >= 0.3 is 0 Å². The average molecular weight is 750 g/mol. The van der Waals surface area contributed by atoms with Crippen molar-refractivity contribution in [1.29, 1.82) is 0 Å². The van der Waals surface area contributed by atoms with E-state index in [1.165, 1.54) is 22.7 Å². The Morgan fingerprint density at radius 1 is 0.660 bits per heavy atom. The molecule has 0 bridgehead atoms. The van der Waals surface area contributed by atoms with Crippen molar-refractivity contribution in [3.8, 4) is 21.1 Å². The molecule has 0 radical (unpaired) electrons. The number of aromatic nitrogens is 4. The summed E-state index contributed by atoms with van der Waals surface area (Å²) in [5.74, 6) is -0.203. The summed E-state index contributed by atoms with van der Waals surface area (Å²) in [7, 11) is 0. The highest BCUT2D eigenvalue weighted by Crippen LogP contribution is 2.29. The zero-order valence-electron chi connectivity index (χ0n) is 26.0. The van der Waals surface area contributed by atoms with Crippen molar-refractivity contribution in [1.82, 2.24) is 30.6 Å². The number of aliphatic hydroxyl groups is 2. The number of hydrogen-bond donors (Lipinski definition) is 6. The van der Waals surface area contributed by atoms with Crippen LogP contribution in [0.1, 0.15) is 42.6 Å². The van der Waals surface area contributed by atoms with Crippen LogP contribution < -0.4 is 22.1 Å². The molecule has 0 aliphatic heterocycles. The van der Waals surface area contributed by atoms with E-state index in [1.54, 1.807) is 60.9 Å². The lowest BCUT2D eigenvalue weighted by Gasteiger charge is -2.17. The van der Waals surface area contributed by atoms with E-state index in [0.717, 1.165) is 15.3 Å². The molecule has 6 aromatic rings. The summed E-state index contributed by atoms with van der Waals surface area (Å²) < 4.78 is 0. The maximum atomic E-state index is 12.5. The number of amides is 2. The molecule has 0 fully saturated rings. The van der Waals surface area contributed by atoms with Gasteiger partial charge in [0.2, 0.25) is 11.9 Å². The van der Waals surface area contributed by atoms with Crippen LogP contribution in [0.25, 0.3) is 21.1 Å². The minimum absolute atomic E-state index is 0.167. The number of benzene rings is 2. The fraction of sp³-hybridized carbons (Fsp3) is 0.118. The Kier molecular flexibility index (Phi) is 12.4. The summed E-state index contributed by atoms with van der Waals surface area (Å²) in [6, 6.07) is 23.6. The van der Waals surface area contributed by atoms with E-state index >= 15 is 0 Å². The van der Waals surface area contributed by atoms with Crippen LogP contribution >= 0.6 is 45.9 Å². The summed E-state index contributed by atoms with van der Waals surface area (Å²) in [5, 5.41) is 25.7. The lowest BCUT2D eigenvalue weighted by atomic mass is 10.1. The van der Waals surface area contributed by atoms with Crippen LogP contribution in [-0.4, -0.2) is 55.2 Å². The number of carbonyl (C=O) groups excluding carboxylic acids is 2. The second kappa shape index (κ2) is 17.1. The fourth-order valence-electron chi connectivity index (χ4n) is 4.61. The topological polar surface area (TPSA) is 202 Å². The third-order valence-electron chi connectivity index (χ3n) is 6.98.